The number of aryl methyl sites for hydroxylation is 2. The summed E-state index contributed by atoms with van der Waals surface area (Å²) in [7, 11) is 0. The molecule has 0 aliphatic rings. The van der Waals surface area contributed by atoms with Gasteiger partial charge in [-0.15, -0.1) is 0 Å². The van der Waals surface area contributed by atoms with Gasteiger partial charge in [0.05, 0.1) is 37.9 Å². The quantitative estimate of drug-likeness (QED) is 0.0352. The maximum Gasteiger partial charge on any atom is 0.314 e. The molecular formula is C59H76N4O15. The highest BCUT2D eigenvalue weighted by atomic mass is 16.6. The summed E-state index contributed by atoms with van der Waals surface area (Å²) < 4.78 is 36.4. The highest BCUT2D eigenvalue weighted by Crippen LogP contribution is 2.30. The second kappa shape index (κ2) is 36.9. The molecular weight excluding hydrogens is 1000 g/mol. The summed E-state index contributed by atoms with van der Waals surface area (Å²) in [4.78, 5) is 55.6. The van der Waals surface area contributed by atoms with Crippen molar-refractivity contribution >= 4 is 29.8 Å². The Morgan fingerprint density at radius 2 is 0.949 bits per heavy atom. The Kier molecular flexibility index (Phi) is 31.3. The summed E-state index contributed by atoms with van der Waals surface area (Å²) in [6.07, 6.45) is 3.72. The van der Waals surface area contributed by atoms with Crippen molar-refractivity contribution in [3.8, 4) is 40.2 Å². The van der Waals surface area contributed by atoms with Crippen LogP contribution in [-0.4, -0.2) is 73.7 Å². The van der Waals surface area contributed by atoms with E-state index in [0.717, 1.165) is 40.7 Å². The summed E-state index contributed by atoms with van der Waals surface area (Å²) in [5.74, 6) is 2.07. The third kappa shape index (κ3) is 26.2. The topological polar surface area (TPSA) is 278 Å². The van der Waals surface area contributed by atoms with Crippen LogP contribution in [-0.2, 0) is 63.2 Å². The van der Waals surface area contributed by atoms with Gasteiger partial charge in [0.2, 0.25) is 0 Å². The number of nitrogens with one attached hydrogen (secondary N) is 1. The number of aromatic amines is 1. The molecule has 78 heavy (non-hydrogen) atoms. The van der Waals surface area contributed by atoms with Gasteiger partial charge in [0.15, 0.2) is 23.0 Å². The van der Waals surface area contributed by atoms with Gasteiger partial charge in [0.25, 0.3) is 0 Å². The van der Waals surface area contributed by atoms with Crippen LogP contribution in [0.3, 0.4) is 0 Å². The summed E-state index contributed by atoms with van der Waals surface area (Å²) >= 11 is 0. The van der Waals surface area contributed by atoms with Gasteiger partial charge < -0.3 is 54.2 Å². The van der Waals surface area contributed by atoms with E-state index in [-0.39, 0.29) is 74.0 Å². The minimum absolute atomic E-state index is 0.00158. The molecule has 1 unspecified atom stereocenters. The number of aliphatic hydroxyl groups is 3. The van der Waals surface area contributed by atoms with Gasteiger partial charge in [0.1, 0.15) is 36.2 Å². The van der Waals surface area contributed by atoms with Gasteiger partial charge in [0, 0.05) is 26.8 Å². The standard InChI is InChI=1S/C13H15N3O3.C13H18O3.C12H17NO3.C11H14O3.C10H12O3/c1-3-10-4-5-12(19-9(2)17)13(6-10)18-8-11-7-14-16-15-11;1-9(2)10(3)13(15)16-12-6-4-11(8-14)5-7-12;1-3-10-4-5-11(16-9(2)14)12(8-10)15-7-6-13;1-8(2)11(13)14-10-5-3-9(7-12)4-6-10;1-2-10(12)13-9-5-3-8(7-11)4-6-9/h4-7H,3,8H2,1-2H3,(H,14,15,16);4-7,9-10,14H,8H2,1-3H3;4-5,8H,3,6-7,13H2,1-2H3;3-6,8,12H,7H2,1-2H3;3-6,11H,2,7H2,1H3. The number of carbonyl (C=O) groups is 5. The molecule has 0 saturated heterocycles. The number of hydrogen-bond acceptors (Lipinski definition) is 18. The molecule has 1 atom stereocenters. The number of rotatable bonds is 20. The Labute approximate surface area is 457 Å². The second-order valence-electron chi connectivity index (χ2n) is 17.6. The number of aromatic nitrogens is 3. The van der Waals surface area contributed by atoms with E-state index in [4.69, 9.17) is 54.2 Å². The van der Waals surface area contributed by atoms with Crippen LogP contribution in [0, 0.1) is 17.8 Å². The Morgan fingerprint density at radius 3 is 1.29 bits per heavy atom. The van der Waals surface area contributed by atoms with Crippen molar-refractivity contribution in [2.45, 2.75) is 115 Å². The van der Waals surface area contributed by atoms with Crippen molar-refractivity contribution in [1.29, 1.82) is 0 Å². The molecule has 0 radical (unpaired) electrons. The zero-order valence-corrected chi connectivity index (χ0v) is 46.3. The summed E-state index contributed by atoms with van der Waals surface area (Å²) in [5.41, 5.74) is 10.7. The first-order chi connectivity index (χ1) is 37.3. The molecule has 0 spiro atoms. The van der Waals surface area contributed by atoms with Crippen molar-refractivity contribution in [3.05, 3.63) is 149 Å². The van der Waals surface area contributed by atoms with E-state index >= 15 is 0 Å². The van der Waals surface area contributed by atoms with Gasteiger partial charge in [-0.1, -0.05) is 104 Å². The molecule has 0 bridgehead atoms. The van der Waals surface area contributed by atoms with Gasteiger partial charge in [-0.2, -0.15) is 15.4 Å². The monoisotopic (exact) mass is 1080 g/mol. The molecule has 19 nitrogen and oxygen atoms in total. The van der Waals surface area contributed by atoms with E-state index in [1.165, 1.54) is 13.8 Å². The molecule has 6 rings (SSSR count). The highest BCUT2D eigenvalue weighted by molar-refractivity contribution is 5.75. The first-order valence-electron chi connectivity index (χ1n) is 25.5. The van der Waals surface area contributed by atoms with E-state index < -0.39 is 0 Å². The highest BCUT2D eigenvalue weighted by Gasteiger charge is 2.19. The fraction of sp³-hybridized carbons (Fsp3) is 0.373. The molecule has 1 heterocycles. The molecule has 1 aromatic heterocycles. The molecule has 0 fully saturated rings. The maximum absolute atomic E-state index is 11.6. The molecule has 0 aliphatic carbocycles. The lowest BCUT2D eigenvalue weighted by molar-refractivity contribution is -0.140. The molecule has 0 aliphatic heterocycles. The van der Waals surface area contributed by atoms with Crippen LogP contribution in [0.4, 0.5) is 0 Å². The maximum atomic E-state index is 11.6. The number of carbonyl (C=O) groups excluding carboxylic acids is 5. The first kappa shape index (κ1) is 66.1. The number of ether oxygens (including phenoxy) is 7. The zero-order valence-electron chi connectivity index (χ0n) is 46.3. The number of nitrogens with two attached hydrogens (primary N) is 1. The number of hydrogen-bond donors (Lipinski definition) is 5. The predicted molar refractivity (Wildman–Crippen MR) is 293 cm³/mol. The van der Waals surface area contributed by atoms with Crippen LogP contribution >= 0.6 is 0 Å². The third-order valence-electron chi connectivity index (χ3n) is 10.7. The average Bonchev–Trinajstić information content (AvgIpc) is 3.98. The van der Waals surface area contributed by atoms with Gasteiger partial charge in [-0.3, -0.25) is 24.0 Å². The third-order valence-corrected chi connectivity index (χ3v) is 10.7. The van der Waals surface area contributed by atoms with E-state index in [1.54, 1.807) is 112 Å². The van der Waals surface area contributed by atoms with E-state index in [1.807, 2.05) is 58.9 Å². The first-order valence-corrected chi connectivity index (χ1v) is 25.5. The summed E-state index contributed by atoms with van der Waals surface area (Å²) in [6.45, 7) is 19.0. The van der Waals surface area contributed by atoms with Crippen molar-refractivity contribution < 1.29 is 72.5 Å². The predicted octanol–water partition coefficient (Wildman–Crippen LogP) is 8.99. The largest absolute Gasteiger partial charge is 0.488 e. The fourth-order valence-corrected chi connectivity index (χ4v) is 5.77. The van der Waals surface area contributed by atoms with E-state index in [9.17, 15) is 24.0 Å². The van der Waals surface area contributed by atoms with Crippen LogP contribution in [0.15, 0.2) is 115 Å². The van der Waals surface area contributed by atoms with Crippen molar-refractivity contribution in [2.24, 2.45) is 23.5 Å². The number of esters is 5. The number of nitrogens with zero attached hydrogens (tertiary/aromatic N) is 2. The average molecular weight is 1080 g/mol. The zero-order chi connectivity index (χ0) is 58.0. The van der Waals surface area contributed by atoms with Gasteiger partial charge in [-0.05, 0) is 107 Å². The Balaban J connectivity index is 0.000000335. The molecule has 0 saturated carbocycles. The molecule has 19 heteroatoms. The number of benzene rings is 5. The van der Waals surface area contributed by atoms with E-state index in [0.29, 0.717) is 65.5 Å². The van der Waals surface area contributed by atoms with E-state index in [2.05, 4.69) is 15.4 Å². The number of H-pyrrole nitrogens is 1. The molecule has 6 N–H and O–H groups in total. The lowest BCUT2D eigenvalue weighted by atomic mass is 9.99. The SMILES string of the molecule is CC(C)C(=O)Oc1ccc(CO)cc1.CC(C)C(C)C(=O)Oc1ccc(CO)cc1.CCC(=O)Oc1ccc(CO)cc1.CCc1ccc(OC(C)=O)c(OCCN)c1.CCc1ccc(OC(C)=O)c(OCc2cn[nH]n2)c1. The lowest BCUT2D eigenvalue weighted by Crippen LogP contribution is -2.22. The minimum Gasteiger partial charge on any atom is -0.488 e. The normalized spacial score (nSPS) is 10.6. The fourth-order valence-electron chi connectivity index (χ4n) is 5.77. The summed E-state index contributed by atoms with van der Waals surface area (Å²) in [5, 5.41) is 36.5. The molecule has 5 aromatic carbocycles. The van der Waals surface area contributed by atoms with Crippen LogP contribution in [0.1, 0.15) is 109 Å². The second-order valence-corrected chi connectivity index (χ2v) is 17.6. The van der Waals surface area contributed by atoms with Crippen molar-refractivity contribution in [3.63, 3.8) is 0 Å². The molecule has 6 aromatic rings. The van der Waals surface area contributed by atoms with Crippen molar-refractivity contribution in [2.75, 3.05) is 13.2 Å². The molecule has 422 valence electrons. The smallest absolute Gasteiger partial charge is 0.314 e. The van der Waals surface area contributed by atoms with Crippen LogP contribution < -0.4 is 38.9 Å². The Morgan fingerprint density at radius 1 is 0.538 bits per heavy atom. The Hall–Kier alpha value is -7.97. The Bertz CT molecular complexity index is 2690. The lowest BCUT2D eigenvalue weighted by Gasteiger charge is -2.14. The van der Waals surface area contributed by atoms with Crippen LogP contribution in [0.5, 0.6) is 40.2 Å². The number of aliphatic hydroxyl groups excluding tert-OH is 3. The summed E-state index contributed by atoms with van der Waals surface area (Å²) in [6, 6.07) is 31.4. The van der Waals surface area contributed by atoms with Crippen LogP contribution in [0.25, 0.3) is 0 Å². The minimum atomic E-state index is -0.379. The van der Waals surface area contributed by atoms with Crippen LogP contribution in [0.2, 0.25) is 0 Å². The van der Waals surface area contributed by atoms with Gasteiger partial charge >= 0.3 is 29.8 Å². The van der Waals surface area contributed by atoms with Gasteiger partial charge in [-0.25, -0.2) is 0 Å². The molecule has 0 amide bonds. The van der Waals surface area contributed by atoms with Crippen molar-refractivity contribution in [1.82, 2.24) is 15.4 Å².